The lowest BCUT2D eigenvalue weighted by Crippen LogP contribution is -2.17. The molecule has 0 fully saturated rings. The maximum atomic E-state index is 5.21. The van der Waals surface area contributed by atoms with Gasteiger partial charge in [-0.15, -0.1) is 0 Å². The molecular weight excluding hydrogens is 182 g/mol. The monoisotopic (exact) mass is 197 g/mol. The van der Waals surface area contributed by atoms with Crippen LogP contribution in [0.4, 0.5) is 0 Å². The van der Waals surface area contributed by atoms with Crippen LogP contribution in [0.1, 0.15) is 6.92 Å². The van der Waals surface area contributed by atoms with Gasteiger partial charge in [0.05, 0.1) is 14.2 Å². The van der Waals surface area contributed by atoms with Gasteiger partial charge in [0.25, 0.3) is 0 Å². The van der Waals surface area contributed by atoms with Crippen LogP contribution < -0.4 is 19.8 Å². The predicted molar refractivity (Wildman–Crippen MR) is 53.9 cm³/mol. The van der Waals surface area contributed by atoms with Crippen molar-refractivity contribution in [2.75, 3.05) is 20.8 Å². The third kappa shape index (κ3) is 2.53. The van der Waals surface area contributed by atoms with E-state index >= 15 is 0 Å². The second-order valence-corrected chi connectivity index (χ2v) is 2.62. The number of ether oxygens (including phenoxy) is 2. The number of nitrogens with one attached hydrogen (secondary N) is 1. The molecule has 0 amide bonds. The molecule has 0 bridgehead atoms. The van der Waals surface area contributed by atoms with Crippen LogP contribution in [0.3, 0.4) is 0 Å². The topological polar surface area (TPSA) is 39.7 Å². The number of hydrogen-bond donors (Lipinski definition) is 1. The fourth-order valence-corrected chi connectivity index (χ4v) is 1.04. The second-order valence-electron chi connectivity index (χ2n) is 2.62. The van der Waals surface area contributed by atoms with E-state index in [0.717, 1.165) is 6.54 Å². The molecule has 0 aliphatic heterocycles. The largest absolute Gasteiger partial charge is 0.493 e. The predicted octanol–water partition coefficient (Wildman–Crippen LogP) is 1.61. The van der Waals surface area contributed by atoms with Gasteiger partial charge in [-0.05, 0) is 19.1 Å². The Morgan fingerprint density at radius 1 is 1.14 bits per heavy atom. The molecule has 0 heterocycles. The van der Waals surface area contributed by atoms with E-state index < -0.39 is 0 Å². The van der Waals surface area contributed by atoms with Crippen molar-refractivity contribution in [2.45, 2.75) is 6.92 Å². The van der Waals surface area contributed by atoms with E-state index in [0.29, 0.717) is 17.2 Å². The molecule has 0 saturated heterocycles. The van der Waals surface area contributed by atoms with Crippen LogP contribution in [0, 0.1) is 0 Å². The van der Waals surface area contributed by atoms with Crippen molar-refractivity contribution in [1.29, 1.82) is 0 Å². The number of methoxy groups -OCH3 is 2. The van der Waals surface area contributed by atoms with Crippen LogP contribution in [-0.2, 0) is 0 Å². The first kappa shape index (κ1) is 10.7. The Hall–Kier alpha value is -1.42. The summed E-state index contributed by atoms with van der Waals surface area (Å²) in [6, 6.07) is 5.37. The van der Waals surface area contributed by atoms with E-state index in [-0.39, 0.29) is 0 Å². The molecule has 0 saturated carbocycles. The lowest BCUT2D eigenvalue weighted by Gasteiger charge is -2.09. The zero-order valence-corrected chi connectivity index (χ0v) is 8.66. The highest BCUT2D eigenvalue weighted by Gasteiger charge is 2.04. The van der Waals surface area contributed by atoms with Crippen LogP contribution >= 0.6 is 0 Å². The molecule has 0 radical (unpaired) electrons. The Morgan fingerprint density at radius 3 is 2.43 bits per heavy atom. The molecule has 14 heavy (non-hydrogen) atoms. The summed E-state index contributed by atoms with van der Waals surface area (Å²) in [5.74, 6) is 2.05. The van der Waals surface area contributed by atoms with Crippen LogP contribution in [0.5, 0.6) is 17.2 Å². The summed E-state index contributed by atoms with van der Waals surface area (Å²) in [5, 5.41) is 0. The Kier molecular flexibility index (Phi) is 4.07. The molecule has 0 aliphatic carbocycles. The van der Waals surface area contributed by atoms with Crippen LogP contribution in [-0.4, -0.2) is 20.8 Å². The zero-order chi connectivity index (χ0) is 10.4. The van der Waals surface area contributed by atoms with Crippen molar-refractivity contribution in [2.24, 2.45) is 0 Å². The molecule has 78 valence electrons. The van der Waals surface area contributed by atoms with Gasteiger partial charge in [-0.2, -0.15) is 5.48 Å². The van der Waals surface area contributed by atoms with E-state index in [2.05, 4.69) is 5.48 Å². The molecule has 1 N–H and O–H groups in total. The number of rotatable bonds is 5. The van der Waals surface area contributed by atoms with Crippen molar-refractivity contribution in [3.63, 3.8) is 0 Å². The molecule has 0 spiro atoms. The quantitative estimate of drug-likeness (QED) is 0.728. The Morgan fingerprint density at radius 2 is 1.86 bits per heavy atom. The van der Waals surface area contributed by atoms with E-state index in [1.54, 1.807) is 26.4 Å². The molecule has 1 rings (SSSR count). The highest BCUT2D eigenvalue weighted by atomic mass is 16.6. The van der Waals surface area contributed by atoms with Gasteiger partial charge in [-0.25, -0.2) is 0 Å². The lowest BCUT2D eigenvalue weighted by atomic mass is 10.3. The molecule has 4 heteroatoms. The minimum Gasteiger partial charge on any atom is -0.493 e. The maximum Gasteiger partial charge on any atom is 0.164 e. The first-order valence-electron chi connectivity index (χ1n) is 4.43. The van der Waals surface area contributed by atoms with Gasteiger partial charge >= 0.3 is 0 Å². The molecular formula is C10H15NO3. The molecule has 1 aromatic carbocycles. The zero-order valence-electron chi connectivity index (χ0n) is 8.66. The second kappa shape index (κ2) is 5.34. The Labute approximate surface area is 83.7 Å². The normalized spacial score (nSPS) is 9.64. The molecule has 0 aliphatic rings. The van der Waals surface area contributed by atoms with Gasteiger partial charge in [0.15, 0.2) is 17.2 Å². The van der Waals surface area contributed by atoms with Gasteiger partial charge in [0.1, 0.15) is 0 Å². The summed E-state index contributed by atoms with van der Waals surface area (Å²) >= 11 is 0. The van der Waals surface area contributed by atoms with Crippen molar-refractivity contribution >= 4 is 0 Å². The molecule has 4 nitrogen and oxygen atoms in total. The van der Waals surface area contributed by atoms with Crippen LogP contribution in [0.15, 0.2) is 18.2 Å². The first-order valence-corrected chi connectivity index (χ1v) is 4.43. The van der Waals surface area contributed by atoms with Gasteiger partial charge in [-0.3, -0.25) is 0 Å². The van der Waals surface area contributed by atoms with Crippen LogP contribution in [0.2, 0.25) is 0 Å². The summed E-state index contributed by atoms with van der Waals surface area (Å²) in [5.41, 5.74) is 2.76. The molecule has 0 atom stereocenters. The summed E-state index contributed by atoms with van der Waals surface area (Å²) in [6.07, 6.45) is 0. The number of hydroxylamine groups is 1. The summed E-state index contributed by atoms with van der Waals surface area (Å²) in [4.78, 5) is 5.21. The third-order valence-electron chi connectivity index (χ3n) is 1.69. The van der Waals surface area contributed by atoms with E-state index in [4.69, 9.17) is 14.3 Å². The molecule has 1 aromatic rings. The summed E-state index contributed by atoms with van der Waals surface area (Å²) in [7, 11) is 3.19. The number of benzene rings is 1. The Bertz CT molecular complexity index is 289. The van der Waals surface area contributed by atoms with Crippen molar-refractivity contribution in [3.05, 3.63) is 18.2 Å². The lowest BCUT2D eigenvalue weighted by molar-refractivity contribution is 0.201. The molecule has 0 unspecified atom stereocenters. The average molecular weight is 197 g/mol. The third-order valence-corrected chi connectivity index (χ3v) is 1.69. The van der Waals surface area contributed by atoms with Gasteiger partial charge in [-0.1, -0.05) is 0 Å². The van der Waals surface area contributed by atoms with Crippen molar-refractivity contribution in [1.82, 2.24) is 5.48 Å². The van der Waals surface area contributed by atoms with Crippen molar-refractivity contribution in [3.8, 4) is 17.2 Å². The summed E-state index contributed by atoms with van der Waals surface area (Å²) in [6.45, 7) is 2.70. The van der Waals surface area contributed by atoms with Gasteiger partial charge in [0, 0.05) is 12.6 Å². The maximum absolute atomic E-state index is 5.21. The minimum absolute atomic E-state index is 0.655. The first-order chi connectivity index (χ1) is 6.81. The van der Waals surface area contributed by atoms with E-state index in [1.165, 1.54) is 0 Å². The van der Waals surface area contributed by atoms with E-state index in [9.17, 15) is 0 Å². The van der Waals surface area contributed by atoms with E-state index in [1.807, 2.05) is 13.0 Å². The smallest absolute Gasteiger partial charge is 0.164 e. The van der Waals surface area contributed by atoms with Crippen LogP contribution in [0.25, 0.3) is 0 Å². The highest BCUT2D eigenvalue weighted by Crippen LogP contribution is 2.30. The Balaban J connectivity index is 2.79. The average Bonchev–Trinajstić information content (AvgIpc) is 2.25. The minimum atomic E-state index is 0.655. The standard InChI is InChI=1S/C10H15NO3/c1-4-11-14-8-5-6-9(12-2)10(7-8)13-3/h5-7,11H,4H2,1-3H3. The highest BCUT2D eigenvalue weighted by molar-refractivity contribution is 5.45. The summed E-state index contributed by atoms with van der Waals surface area (Å²) < 4.78 is 10.2. The SMILES string of the molecule is CCNOc1ccc(OC)c(OC)c1. The number of hydrogen-bond acceptors (Lipinski definition) is 4. The van der Waals surface area contributed by atoms with Gasteiger partial charge < -0.3 is 14.3 Å². The van der Waals surface area contributed by atoms with Gasteiger partial charge in [0.2, 0.25) is 0 Å². The molecule has 0 aromatic heterocycles. The fraction of sp³-hybridized carbons (Fsp3) is 0.400. The van der Waals surface area contributed by atoms with Crippen molar-refractivity contribution < 1.29 is 14.3 Å². The fourth-order valence-electron chi connectivity index (χ4n) is 1.04.